The molecule has 0 spiro atoms. The van der Waals surface area contributed by atoms with Crippen LogP contribution in [0.25, 0.3) is 0 Å². The summed E-state index contributed by atoms with van der Waals surface area (Å²) in [6, 6.07) is 3.83. The lowest BCUT2D eigenvalue weighted by Gasteiger charge is -2.12. The summed E-state index contributed by atoms with van der Waals surface area (Å²) in [7, 11) is 1.65. The Morgan fingerprint density at radius 2 is 2.22 bits per heavy atom. The second-order valence-electron chi connectivity index (χ2n) is 4.08. The summed E-state index contributed by atoms with van der Waals surface area (Å²) in [5.41, 5.74) is 0. The van der Waals surface area contributed by atoms with E-state index in [-0.39, 0.29) is 18.5 Å². The van der Waals surface area contributed by atoms with Crippen molar-refractivity contribution in [3.8, 4) is 0 Å². The molecule has 0 unspecified atom stereocenters. The first-order chi connectivity index (χ1) is 8.61. The van der Waals surface area contributed by atoms with E-state index in [1.807, 2.05) is 26.0 Å². The predicted octanol–water partition coefficient (Wildman–Crippen LogP) is 0.469. The standard InChI is InChI=1S/C12H20N4O2/c1-9(2)16-11(17)8-15-12(13-3)14-7-10-5-4-6-18-10/h4-6,9H,7-8H2,1-3H3,(H,16,17)(H2,13,14,15). The van der Waals surface area contributed by atoms with E-state index in [2.05, 4.69) is 20.9 Å². The van der Waals surface area contributed by atoms with Gasteiger partial charge in [0.15, 0.2) is 5.96 Å². The molecule has 0 aliphatic heterocycles. The monoisotopic (exact) mass is 252 g/mol. The number of carbonyl (C=O) groups excluding carboxylic acids is 1. The largest absolute Gasteiger partial charge is 0.467 e. The van der Waals surface area contributed by atoms with E-state index in [1.165, 1.54) is 0 Å². The van der Waals surface area contributed by atoms with Gasteiger partial charge in [0.1, 0.15) is 5.76 Å². The number of nitrogens with one attached hydrogen (secondary N) is 3. The van der Waals surface area contributed by atoms with Crippen LogP contribution < -0.4 is 16.0 Å². The van der Waals surface area contributed by atoms with Gasteiger partial charge in [-0.2, -0.15) is 0 Å². The molecule has 100 valence electrons. The highest BCUT2D eigenvalue weighted by atomic mass is 16.3. The third-order valence-electron chi connectivity index (χ3n) is 2.10. The van der Waals surface area contributed by atoms with Crippen LogP contribution in [0.4, 0.5) is 0 Å². The predicted molar refractivity (Wildman–Crippen MR) is 70.2 cm³/mol. The van der Waals surface area contributed by atoms with Gasteiger partial charge in [-0.15, -0.1) is 0 Å². The minimum absolute atomic E-state index is 0.0639. The lowest BCUT2D eigenvalue weighted by molar-refractivity contribution is -0.120. The van der Waals surface area contributed by atoms with Gasteiger partial charge >= 0.3 is 0 Å². The number of hydrogen-bond acceptors (Lipinski definition) is 3. The molecule has 18 heavy (non-hydrogen) atoms. The maximum atomic E-state index is 11.4. The van der Waals surface area contributed by atoms with Gasteiger partial charge in [-0.05, 0) is 26.0 Å². The van der Waals surface area contributed by atoms with Crippen LogP contribution in [0.1, 0.15) is 19.6 Å². The molecule has 0 bridgehead atoms. The summed E-state index contributed by atoms with van der Waals surface area (Å²) in [5.74, 6) is 1.31. The highest BCUT2D eigenvalue weighted by Gasteiger charge is 2.05. The van der Waals surface area contributed by atoms with Gasteiger partial charge in [0.2, 0.25) is 5.91 Å². The van der Waals surface area contributed by atoms with Crippen molar-refractivity contribution in [3.63, 3.8) is 0 Å². The molecule has 0 aliphatic rings. The number of guanidine groups is 1. The highest BCUT2D eigenvalue weighted by molar-refractivity contribution is 5.86. The lowest BCUT2D eigenvalue weighted by Crippen LogP contribution is -2.44. The van der Waals surface area contributed by atoms with Gasteiger partial charge < -0.3 is 20.4 Å². The van der Waals surface area contributed by atoms with Crippen molar-refractivity contribution in [2.24, 2.45) is 4.99 Å². The van der Waals surface area contributed by atoms with Crippen molar-refractivity contribution >= 4 is 11.9 Å². The van der Waals surface area contributed by atoms with Gasteiger partial charge in [-0.3, -0.25) is 9.79 Å². The molecular weight excluding hydrogens is 232 g/mol. The fraction of sp³-hybridized carbons (Fsp3) is 0.500. The quantitative estimate of drug-likeness (QED) is 0.526. The van der Waals surface area contributed by atoms with E-state index in [1.54, 1.807) is 13.3 Å². The van der Waals surface area contributed by atoms with Gasteiger partial charge in [-0.25, -0.2) is 0 Å². The minimum atomic E-state index is -0.0639. The number of aliphatic imine (C=N–C) groups is 1. The number of rotatable bonds is 5. The molecule has 1 aromatic rings. The summed E-state index contributed by atoms with van der Waals surface area (Å²) in [6.45, 7) is 4.55. The van der Waals surface area contributed by atoms with Crippen LogP contribution in [0, 0.1) is 0 Å². The fourth-order valence-electron chi connectivity index (χ4n) is 1.34. The summed E-state index contributed by atoms with van der Waals surface area (Å²) < 4.78 is 5.18. The molecule has 0 fully saturated rings. The van der Waals surface area contributed by atoms with Gasteiger partial charge in [-0.1, -0.05) is 0 Å². The molecule has 0 saturated heterocycles. The van der Waals surface area contributed by atoms with Crippen molar-refractivity contribution in [2.75, 3.05) is 13.6 Å². The first-order valence-electron chi connectivity index (χ1n) is 5.88. The molecule has 1 aromatic heterocycles. The Kier molecular flexibility index (Phi) is 5.76. The average molecular weight is 252 g/mol. The molecule has 0 aliphatic carbocycles. The van der Waals surface area contributed by atoms with Crippen molar-refractivity contribution in [1.29, 1.82) is 0 Å². The average Bonchev–Trinajstić information content (AvgIpc) is 2.81. The van der Waals surface area contributed by atoms with E-state index < -0.39 is 0 Å². The van der Waals surface area contributed by atoms with Gasteiger partial charge in [0, 0.05) is 13.1 Å². The molecule has 3 N–H and O–H groups in total. The smallest absolute Gasteiger partial charge is 0.239 e. The summed E-state index contributed by atoms with van der Waals surface area (Å²) in [4.78, 5) is 15.4. The lowest BCUT2D eigenvalue weighted by atomic mass is 10.4. The minimum Gasteiger partial charge on any atom is -0.467 e. The molecule has 0 aromatic carbocycles. The first kappa shape index (κ1) is 14.1. The summed E-state index contributed by atoms with van der Waals surface area (Å²) in [6.07, 6.45) is 1.61. The second-order valence-corrected chi connectivity index (χ2v) is 4.08. The Labute approximate surface area is 107 Å². The Morgan fingerprint density at radius 1 is 1.44 bits per heavy atom. The Balaban J connectivity index is 2.28. The SMILES string of the molecule is CN=C(NCC(=O)NC(C)C)NCc1ccco1. The zero-order chi connectivity index (χ0) is 13.4. The third kappa shape index (κ3) is 5.38. The van der Waals surface area contributed by atoms with Crippen molar-refractivity contribution < 1.29 is 9.21 Å². The highest BCUT2D eigenvalue weighted by Crippen LogP contribution is 1.97. The van der Waals surface area contributed by atoms with Crippen LogP contribution in [-0.4, -0.2) is 31.5 Å². The number of carbonyl (C=O) groups is 1. The van der Waals surface area contributed by atoms with Crippen LogP contribution in [0.5, 0.6) is 0 Å². The topological polar surface area (TPSA) is 78.7 Å². The maximum Gasteiger partial charge on any atom is 0.239 e. The van der Waals surface area contributed by atoms with Gasteiger partial charge in [0.05, 0.1) is 19.4 Å². The van der Waals surface area contributed by atoms with Crippen molar-refractivity contribution in [3.05, 3.63) is 24.2 Å². The van der Waals surface area contributed by atoms with E-state index in [4.69, 9.17) is 4.42 Å². The maximum absolute atomic E-state index is 11.4. The number of amides is 1. The van der Waals surface area contributed by atoms with E-state index >= 15 is 0 Å². The molecular formula is C12H20N4O2. The molecule has 0 atom stereocenters. The fourth-order valence-corrected chi connectivity index (χ4v) is 1.34. The van der Waals surface area contributed by atoms with Crippen LogP contribution >= 0.6 is 0 Å². The Bertz CT molecular complexity index is 385. The Morgan fingerprint density at radius 3 is 2.78 bits per heavy atom. The summed E-state index contributed by atoms with van der Waals surface area (Å²) in [5, 5.41) is 8.76. The molecule has 6 nitrogen and oxygen atoms in total. The molecule has 1 rings (SSSR count). The molecule has 0 saturated carbocycles. The van der Waals surface area contributed by atoms with Crippen LogP contribution in [-0.2, 0) is 11.3 Å². The molecule has 1 heterocycles. The molecule has 0 radical (unpaired) electrons. The van der Waals surface area contributed by atoms with Crippen molar-refractivity contribution in [2.45, 2.75) is 26.4 Å². The zero-order valence-electron chi connectivity index (χ0n) is 11.0. The van der Waals surface area contributed by atoms with Gasteiger partial charge in [0.25, 0.3) is 0 Å². The Hall–Kier alpha value is -1.98. The third-order valence-corrected chi connectivity index (χ3v) is 2.10. The second kappa shape index (κ2) is 7.37. The number of hydrogen-bond donors (Lipinski definition) is 3. The van der Waals surface area contributed by atoms with Crippen molar-refractivity contribution in [1.82, 2.24) is 16.0 Å². The van der Waals surface area contributed by atoms with Crippen LogP contribution in [0.2, 0.25) is 0 Å². The normalized spacial score (nSPS) is 11.4. The molecule has 1 amide bonds. The van der Waals surface area contributed by atoms with E-state index in [0.29, 0.717) is 12.5 Å². The molecule has 6 heteroatoms. The summed E-state index contributed by atoms with van der Waals surface area (Å²) >= 11 is 0. The number of nitrogens with zero attached hydrogens (tertiary/aromatic N) is 1. The first-order valence-corrected chi connectivity index (χ1v) is 5.88. The van der Waals surface area contributed by atoms with E-state index in [0.717, 1.165) is 5.76 Å². The van der Waals surface area contributed by atoms with Crippen LogP contribution in [0.15, 0.2) is 27.8 Å². The zero-order valence-corrected chi connectivity index (χ0v) is 11.0. The number of furan rings is 1. The van der Waals surface area contributed by atoms with Crippen LogP contribution in [0.3, 0.4) is 0 Å². The van der Waals surface area contributed by atoms with E-state index in [9.17, 15) is 4.79 Å².